The molecule has 0 aliphatic carbocycles. The number of anilines is 2. The van der Waals surface area contributed by atoms with Gasteiger partial charge in [-0.3, -0.25) is 20.0 Å². The second-order valence-electron chi connectivity index (χ2n) is 28.0. The molecule has 2 saturated heterocycles. The Labute approximate surface area is 772 Å². The third kappa shape index (κ3) is 55.3. The van der Waals surface area contributed by atoms with Crippen molar-refractivity contribution in [2.24, 2.45) is 40.2 Å². The second kappa shape index (κ2) is 81.7. The predicted molar refractivity (Wildman–Crippen MR) is 554 cm³/mol. The highest BCUT2D eigenvalue weighted by molar-refractivity contribution is 7.91. The molecule has 0 amide bonds. The molecule has 6 aliphatic rings. The van der Waals surface area contributed by atoms with Crippen LogP contribution in [-0.4, -0.2) is 162 Å². The van der Waals surface area contributed by atoms with E-state index in [2.05, 4.69) is 188 Å². The molecule has 0 unspecified atom stereocenters. The zero-order chi connectivity index (χ0) is 95.7. The fraction of sp³-hybridized carbons (Fsp3) is 0.558. The number of piperidine rings is 1. The molecule has 3 aromatic carbocycles. The first-order chi connectivity index (χ1) is 61.9. The van der Waals surface area contributed by atoms with Crippen molar-refractivity contribution in [2.45, 2.75) is 329 Å². The highest BCUT2D eigenvalue weighted by atomic mass is 32.2. The molecule has 0 bridgehead atoms. The van der Waals surface area contributed by atoms with Gasteiger partial charge in [-0.2, -0.15) is 10.2 Å². The molecule has 11 heterocycles. The van der Waals surface area contributed by atoms with Crippen LogP contribution in [0.5, 0.6) is 0 Å². The lowest BCUT2D eigenvalue weighted by Gasteiger charge is -2.27. The number of aryl methyl sites for hydroxylation is 5. The third-order valence-electron chi connectivity index (χ3n) is 17.0. The Morgan fingerprint density at radius 2 is 0.732 bits per heavy atom. The molecule has 0 N–H and O–H groups in total. The van der Waals surface area contributed by atoms with Gasteiger partial charge in [-0.15, -0.1) is 0 Å². The second-order valence-corrected chi connectivity index (χ2v) is 30.3. The van der Waals surface area contributed by atoms with Crippen LogP contribution in [0.25, 0.3) is 0 Å². The third-order valence-corrected chi connectivity index (χ3v) is 18.6. The molecular weight excluding hydrogens is 1590 g/mol. The Balaban J connectivity index is -0.00000136. The fourth-order valence-electron chi connectivity index (χ4n) is 11.1. The van der Waals surface area contributed by atoms with Crippen LogP contribution in [0, 0.1) is 6.92 Å². The number of rotatable bonds is 20. The van der Waals surface area contributed by atoms with E-state index in [4.69, 9.17) is 0 Å². The van der Waals surface area contributed by atoms with E-state index in [1.165, 1.54) is 56.9 Å². The van der Waals surface area contributed by atoms with Crippen LogP contribution in [0.15, 0.2) is 192 Å². The van der Waals surface area contributed by atoms with Gasteiger partial charge in [-0.05, 0) is 115 Å². The molecule has 704 valence electrons. The van der Waals surface area contributed by atoms with Gasteiger partial charge in [0.25, 0.3) is 0 Å². The van der Waals surface area contributed by atoms with Crippen molar-refractivity contribution in [1.29, 1.82) is 0 Å². The van der Waals surface area contributed by atoms with E-state index in [1.54, 1.807) is 18.6 Å². The molecule has 2 fully saturated rings. The van der Waals surface area contributed by atoms with Crippen LogP contribution < -0.4 is 9.80 Å². The van der Waals surface area contributed by atoms with Gasteiger partial charge in [-0.25, -0.2) is 68.2 Å². The van der Waals surface area contributed by atoms with Crippen LogP contribution >= 0.6 is 0 Å². The topological polar surface area (TPSA) is 268 Å². The summed E-state index contributed by atoms with van der Waals surface area (Å²) in [7, 11) is -2.83. The average molecular weight is 1760 g/mol. The van der Waals surface area contributed by atoms with Gasteiger partial charge in [0.15, 0.2) is 21.5 Å². The summed E-state index contributed by atoms with van der Waals surface area (Å²) in [6.45, 7) is 64.8. The average Bonchev–Trinajstić information content (AvgIpc) is 1.74. The van der Waals surface area contributed by atoms with E-state index < -0.39 is 9.84 Å². The van der Waals surface area contributed by atoms with E-state index in [9.17, 15) is 8.42 Å². The molecule has 127 heavy (non-hydrogen) atoms. The Hall–Kier alpha value is -10.0. The maximum Gasteiger partial charge on any atom is 0.174 e. The summed E-state index contributed by atoms with van der Waals surface area (Å²) in [5.74, 6) is 8.58. The van der Waals surface area contributed by atoms with Gasteiger partial charge in [0.1, 0.15) is 53.1 Å². The monoisotopic (exact) mass is 1760 g/mol. The molecule has 0 atom stereocenters. The van der Waals surface area contributed by atoms with Crippen LogP contribution in [0.3, 0.4) is 0 Å². The number of nitrogens with zero attached hydrogens (tertiary/aromatic N) is 20. The number of amidine groups is 2. The first-order valence-electron chi connectivity index (χ1n) is 48.2. The van der Waals surface area contributed by atoms with Gasteiger partial charge in [0.05, 0.1) is 47.4 Å². The Kier molecular flexibility index (Phi) is 77.9. The Bertz CT molecular complexity index is 4370. The normalized spacial score (nSPS) is 13.3. The largest absolute Gasteiger partial charge is 0.357 e. The van der Waals surface area contributed by atoms with E-state index in [1.807, 2.05) is 246 Å². The van der Waals surface area contributed by atoms with Crippen LogP contribution in [0.4, 0.5) is 11.6 Å². The molecule has 8 aromatic rings. The quantitative estimate of drug-likeness (QED) is 0.0687. The minimum Gasteiger partial charge on any atom is -0.357 e. The minimum atomic E-state index is -2.83. The molecule has 0 radical (unpaired) electrons. The van der Waals surface area contributed by atoms with E-state index in [0.29, 0.717) is 26.3 Å². The molecular formula is C104H170N20O2S. The van der Waals surface area contributed by atoms with Gasteiger partial charge in [0.2, 0.25) is 0 Å². The van der Waals surface area contributed by atoms with E-state index in [0.717, 1.165) is 212 Å². The Morgan fingerprint density at radius 1 is 0.354 bits per heavy atom. The zero-order valence-corrected chi connectivity index (χ0v) is 85.4. The van der Waals surface area contributed by atoms with Crippen molar-refractivity contribution in [3.8, 4) is 0 Å². The standard InChI is InChI=1S/C13H21N3.2C12H16N4.C12H19N3O2S.C12H12N2.2C10H10N2.3C3H8.7C2H6/c1-2-3-7-12-14-9-8-13(15-12)16-10-5-4-6-11-16;1-3-4-5-12-13-7-6-10(14-12)11-8-9(2)15-16-11;1-3-4-5-11-13-7-6-10(16-11)12-14-8-9(2)15-12;1-2-3-4-11-13-6-5-12(14-11)15-7-9-18(16,17)10-8-15;1-10-7-8-13-12(14-10)9-11-5-3-2-4-6-11;1-8-10(12-7-11-8)9-5-3-2-4-6-9;1-8-7-11-10(12-8)9-5-3-2-4-6-9;3*1-3-2;7*1-2/h8-9H,2-7,10-11H2,1H3;2*6-7H,3-5,8H2,1-2H3;5-6H,2-4,7-10H2,1H3;2-8H,9H2,1H3;2*2-6H,7H2,1H3;3*3H2,1-2H3;7*1-2H3. The molecule has 5 aromatic heterocycles. The lowest BCUT2D eigenvalue weighted by atomic mass is 10.1. The smallest absolute Gasteiger partial charge is 0.174 e. The summed E-state index contributed by atoms with van der Waals surface area (Å²) >= 11 is 0. The van der Waals surface area contributed by atoms with Crippen LogP contribution in [-0.2, 0) is 41.9 Å². The van der Waals surface area contributed by atoms with Crippen molar-refractivity contribution in [2.75, 3.05) is 67.2 Å². The molecule has 22 nitrogen and oxygen atoms in total. The first-order valence-corrected chi connectivity index (χ1v) is 50.0. The minimum absolute atomic E-state index is 0.224. The van der Waals surface area contributed by atoms with Gasteiger partial charge < -0.3 is 9.80 Å². The lowest BCUT2D eigenvalue weighted by molar-refractivity contribution is 0.571. The summed E-state index contributed by atoms with van der Waals surface area (Å²) < 4.78 is 22.8. The van der Waals surface area contributed by atoms with E-state index >= 15 is 0 Å². The van der Waals surface area contributed by atoms with Crippen molar-refractivity contribution in [3.05, 3.63) is 215 Å². The van der Waals surface area contributed by atoms with Crippen LogP contribution in [0.1, 0.15) is 353 Å². The number of aromatic nitrogens is 10. The zero-order valence-electron chi connectivity index (χ0n) is 84.6. The summed E-state index contributed by atoms with van der Waals surface area (Å²) in [5, 5.41) is 8.15. The summed E-state index contributed by atoms with van der Waals surface area (Å²) in [6, 6.07) is 40.1. The fourth-order valence-corrected chi connectivity index (χ4v) is 12.3. The van der Waals surface area contributed by atoms with Crippen molar-refractivity contribution >= 4 is 67.4 Å². The predicted octanol–water partition coefficient (Wildman–Crippen LogP) is 25.9. The molecule has 0 spiro atoms. The molecule has 0 saturated carbocycles. The van der Waals surface area contributed by atoms with Crippen molar-refractivity contribution < 1.29 is 8.42 Å². The maximum absolute atomic E-state index is 11.4. The summed E-state index contributed by atoms with van der Waals surface area (Å²) in [6.07, 6.45) is 31.3. The summed E-state index contributed by atoms with van der Waals surface area (Å²) in [5.41, 5.74) is 12.5. The van der Waals surface area contributed by atoms with Crippen molar-refractivity contribution in [3.63, 3.8) is 0 Å². The highest BCUT2D eigenvalue weighted by Gasteiger charge is 2.23. The van der Waals surface area contributed by atoms with Gasteiger partial charge >= 0.3 is 0 Å². The van der Waals surface area contributed by atoms with Gasteiger partial charge in [0, 0.05) is 130 Å². The van der Waals surface area contributed by atoms with Crippen LogP contribution in [0.2, 0.25) is 0 Å². The number of hydrogen-bond acceptors (Lipinski definition) is 22. The Morgan fingerprint density at radius 3 is 1.13 bits per heavy atom. The molecule has 14 rings (SSSR count). The van der Waals surface area contributed by atoms with Crippen molar-refractivity contribution in [1.82, 2.24) is 49.8 Å². The molecule has 23 heteroatoms. The molecule has 6 aliphatic heterocycles. The number of benzene rings is 3. The number of aliphatic imine (C=N–C) groups is 6. The summed E-state index contributed by atoms with van der Waals surface area (Å²) in [4.78, 5) is 74.1. The SMILES string of the molecule is CC.CC.CC.CC.CC.CC.CC.CC1=NC(c2ccccc2)=NC1.CC1=NCN=C1c1ccccc1.CCC.CCC.CCC.CCCCc1nccc(C2=NCC(C)=N2)n1.CCCCc1nccc(C2=NN=C(C)C2)n1.CCCCc1nccc(N2CCCCC2)n1.CCCCc1nccc(N2CCS(=O)(=O)CC2)n1.Cc1ccnc(Cc2ccccc2)n1. The lowest BCUT2D eigenvalue weighted by Crippen LogP contribution is -2.40. The first kappa shape index (κ1) is 121. The maximum atomic E-state index is 11.4. The highest BCUT2D eigenvalue weighted by Crippen LogP contribution is 2.20. The number of unbranched alkanes of at least 4 members (excludes halogenated alkanes) is 4. The number of sulfone groups is 1. The number of hydrogen-bond donors (Lipinski definition) is 0. The van der Waals surface area contributed by atoms with Gasteiger partial charge in [-0.1, -0.05) is 302 Å². The van der Waals surface area contributed by atoms with E-state index in [-0.39, 0.29) is 11.5 Å².